The predicted octanol–water partition coefficient (Wildman–Crippen LogP) is 4.50. The molecule has 0 fully saturated rings. The van der Waals surface area contributed by atoms with Crippen molar-refractivity contribution in [3.05, 3.63) is 101 Å². The summed E-state index contributed by atoms with van der Waals surface area (Å²) >= 11 is 5.98. The van der Waals surface area contributed by atoms with Crippen molar-refractivity contribution < 1.29 is 9.53 Å². The highest BCUT2D eigenvalue weighted by atomic mass is 35.5. The fourth-order valence-electron chi connectivity index (χ4n) is 2.84. The average Bonchev–Trinajstić information content (AvgIpc) is 3.13. The summed E-state index contributed by atoms with van der Waals surface area (Å²) in [5.74, 6) is 0.471. The van der Waals surface area contributed by atoms with E-state index in [9.17, 15) is 4.79 Å². The summed E-state index contributed by atoms with van der Waals surface area (Å²) in [5.41, 5.74) is 3.15. The van der Waals surface area contributed by atoms with Gasteiger partial charge in [0.15, 0.2) is 0 Å². The normalized spacial score (nSPS) is 10.8. The molecule has 4 aromatic rings. The van der Waals surface area contributed by atoms with Crippen LogP contribution in [0.2, 0.25) is 5.02 Å². The molecule has 28 heavy (non-hydrogen) atoms. The molecule has 4 rings (SSSR count). The van der Waals surface area contributed by atoms with Crippen LogP contribution in [-0.4, -0.2) is 15.3 Å². The Morgan fingerprint density at radius 2 is 1.89 bits per heavy atom. The van der Waals surface area contributed by atoms with Crippen LogP contribution in [0.25, 0.3) is 5.65 Å². The maximum absolute atomic E-state index is 12.5. The molecule has 0 aliphatic heterocycles. The third kappa shape index (κ3) is 4.32. The Hall–Kier alpha value is -3.31. The summed E-state index contributed by atoms with van der Waals surface area (Å²) in [6.07, 6.45) is 3.63. The molecule has 2 heterocycles. The molecule has 0 saturated carbocycles. The molecule has 2 aromatic heterocycles. The Bertz CT molecular complexity index is 1110. The van der Waals surface area contributed by atoms with Gasteiger partial charge in [-0.1, -0.05) is 48.0 Å². The maximum Gasteiger partial charge on any atom is 0.251 e. The summed E-state index contributed by atoms with van der Waals surface area (Å²) in [6.45, 7) is 0.781. The number of hydrogen-bond acceptors (Lipinski definition) is 3. The van der Waals surface area contributed by atoms with Crippen molar-refractivity contribution in [2.75, 3.05) is 0 Å². The second-order valence-corrected chi connectivity index (χ2v) is 6.77. The first kappa shape index (κ1) is 18.1. The molecular formula is C22H18ClN3O2. The van der Waals surface area contributed by atoms with Gasteiger partial charge in [0.1, 0.15) is 18.0 Å². The number of carbonyl (C=O) groups excluding carboxylic acids is 1. The molecule has 0 unspecified atom stereocenters. The van der Waals surface area contributed by atoms with Crippen molar-refractivity contribution >= 4 is 23.2 Å². The first-order valence-corrected chi connectivity index (χ1v) is 9.23. The van der Waals surface area contributed by atoms with Gasteiger partial charge < -0.3 is 14.5 Å². The first-order valence-electron chi connectivity index (χ1n) is 8.85. The summed E-state index contributed by atoms with van der Waals surface area (Å²) in [4.78, 5) is 17.0. The van der Waals surface area contributed by atoms with Crippen LogP contribution in [-0.2, 0) is 13.2 Å². The molecule has 0 atom stereocenters. The molecule has 140 valence electrons. The lowest BCUT2D eigenvalue weighted by molar-refractivity contribution is 0.0950. The van der Waals surface area contributed by atoms with Gasteiger partial charge in [-0.05, 0) is 35.9 Å². The lowest BCUT2D eigenvalue weighted by Gasteiger charge is -2.08. The number of pyridine rings is 1. The summed E-state index contributed by atoms with van der Waals surface area (Å²) < 4.78 is 7.62. The van der Waals surface area contributed by atoms with E-state index < -0.39 is 0 Å². The minimum absolute atomic E-state index is 0.180. The van der Waals surface area contributed by atoms with Gasteiger partial charge in [0.25, 0.3) is 5.91 Å². The smallest absolute Gasteiger partial charge is 0.251 e. The van der Waals surface area contributed by atoms with Crippen LogP contribution >= 0.6 is 11.6 Å². The number of aromatic nitrogens is 2. The van der Waals surface area contributed by atoms with Crippen LogP contribution in [0, 0.1) is 0 Å². The Labute approximate surface area is 167 Å². The molecule has 0 aliphatic carbocycles. The van der Waals surface area contributed by atoms with Crippen LogP contribution in [0.1, 0.15) is 21.6 Å². The number of ether oxygens (including phenoxy) is 1. The van der Waals surface area contributed by atoms with Crippen molar-refractivity contribution in [2.45, 2.75) is 13.2 Å². The van der Waals surface area contributed by atoms with Gasteiger partial charge in [0.05, 0.1) is 17.3 Å². The van der Waals surface area contributed by atoms with E-state index in [4.69, 9.17) is 16.3 Å². The van der Waals surface area contributed by atoms with Crippen LogP contribution in [0.15, 0.2) is 79.1 Å². The van der Waals surface area contributed by atoms with Gasteiger partial charge in [-0.3, -0.25) is 4.79 Å². The summed E-state index contributed by atoms with van der Waals surface area (Å²) in [6, 6.07) is 20.7. The molecule has 1 amide bonds. The summed E-state index contributed by atoms with van der Waals surface area (Å²) in [7, 11) is 0. The Morgan fingerprint density at radius 3 is 2.75 bits per heavy atom. The van der Waals surface area contributed by atoms with Crippen LogP contribution in [0.3, 0.4) is 0 Å². The minimum Gasteiger partial charge on any atom is -0.489 e. The van der Waals surface area contributed by atoms with Crippen LogP contribution < -0.4 is 10.1 Å². The first-order chi connectivity index (χ1) is 13.7. The van der Waals surface area contributed by atoms with Crippen molar-refractivity contribution in [3.8, 4) is 5.75 Å². The Kier molecular flexibility index (Phi) is 5.26. The standard InChI is InChI=1S/C22H18ClN3O2/c23-18-9-10-21-25-19(14-26(21)13-18)12-24-22(27)17-7-4-8-20(11-17)28-15-16-5-2-1-3-6-16/h1-11,13-14H,12,15H2,(H,24,27). The van der Waals surface area contributed by atoms with Crippen molar-refractivity contribution in [1.82, 2.24) is 14.7 Å². The third-order valence-corrected chi connectivity index (χ3v) is 4.46. The van der Waals surface area contributed by atoms with Gasteiger partial charge >= 0.3 is 0 Å². The van der Waals surface area contributed by atoms with E-state index >= 15 is 0 Å². The lowest BCUT2D eigenvalue weighted by Crippen LogP contribution is -2.22. The average molecular weight is 392 g/mol. The van der Waals surface area contributed by atoms with Crippen molar-refractivity contribution in [1.29, 1.82) is 0 Å². The van der Waals surface area contributed by atoms with E-state index in [0.29, 0.717) is 29.5 Å². The van der Waals surface area contributed by atoms with Gasteiger partial charge in [0.2, 0.25) is 0 Å². The van der Waals surface area contributed by atoms with E-state index in [1.54, 1.807) is 24.4 Å². The lowest BCUT2D eigenvalue weighted by atomic mass is 10.2. The van der Waals surface area contributed by atoms with E-state index in [-0.39, 0.29) is 5.91 Å². The number of carbonyl (C=O) groups is 1. The van der Waals surface area contributed by atoms with Crippen LogP contribution in [0.4, 0.5) is 0 Å². The van der Waals surface area contributed by atoms with Gasteiger partial charge in [-0.2, -0.15) is 0 Å². The number of amides is 1. The molecule has 5 nitrogen and oxygen atoms in total. The van der Waals surface area contributed by atoms with Crippen LogP contribution in [0.5, 0.6) is 5.75 Å². The largest absolute Gasteiger partial charge is 0.489 e. The zero-order chi connectivity index (χ0) is 19.3. The molecular weight excluding hydrogens is 374 g/mol. The fraction of sp³-hybridized carbons (Fsp3) is 0.0909. The van der Waals surface area contributed by atoms with Gasteiger partial charge in [0, 0.05) is 18.0 Å². The number of rotatable bonds is 6. The van der Waals surface area contributed by atoms with Gasteiger partial charge in [-0.25, -0.2) is 4.98 Å². The van der Waals surface area contributed by atoms with Gasteiger partial charge in [-0.15, -0.1) is 0 Å². The minimum atomic E-state index is -0.180. The summed E-state index contributed by atoms with van der Waals surface area (Å²) in [5, 5.41) is 3.52. The molecule has 1 N–H and O–H groups in total. The highest BCUT2D eigenvalue weighted by Gasteiger charge is 2.09. The molecule has 0 spiro atoms. The number of hydrogen-bond donors (Lipinski definition) is 1. The number of nitrogens with one attached hydrogen (secondary N) is 1. The van der Waals surface area contributed by atoms with E-state index in [0.717, 1.165) is 16.9 Å². The molecule has 6 heteroatoms. The van der Waals surface area contributed by atoms with Crippen molar-refractivity contribution in [2.24, 2.45) is 0 Å². The Morgan fingerprint density at radius 1 is 1.04 bits per heavy atom. The number of nitrogens with zero attached hydrogens (tertiary/aromatic N) is 2. The number of halogens is 1. The zero-order valence-electron chi connectivity index (χ0n) is 15.0. The van der Waals surface area contributed by atoms with Crippen molar-refractivity contribution in [3.63, 3.8) is 0 Å². The number of benzene rings is 2. The highest BCUT2D eigenvalue weighted by Crippen LogP contribution is 2.16. The molecule has 0 saturated heterocycles. The second kappa shape index (κ2) is 8.15. The molecule has 0 bridgehead atoms. The molecule has 0 aliphatic rings. The fourth-order valence-corrected chi connectivity index (χ4v) is 3.01. The third-order valence-electron chi connectivity index (χ3n) is 4.24. The predicted molar refractivity (Wildman–Crippen MR) is 109 cm³/mol. The quantitative estimate of drug-likeness (QED) is 0.526. The maximum atomic E-state index is 12.5. The monoisotopic (exact) mass is 391 g/mol. The topological polar surface area (TPSA) is 55.6 Å². The SMILES string of the molecule is O=C(NCc1cn2cc(Cl)ccc2n1)c1cccc(OCc2ccccc2)c1. The highest BCUT2D eigenvalue weighted by molar-refractivity contribution is 6.30. The van der Waals surface area contributed by atoms with E-state index in [2.05, 4.69) is 10.3 Å². The Balaban J connectivity index is 1.38. The molecule has 0 radical (unpaired) electrons. The van der Waals surface area contributed by atoms with E-state index in [1.165, 1.54) is 0 Å². The van der Waals surface area contributed by atoms with E-state index in [1.807, 2.05) is 59.1 Å². The number of imidazole rings is 1. The second-order valence-electron chi connectivity index (χ2n) is 6.33. The molecule has 2 aromatic carbocycles. The number of fused-ring (bicyclic) bond motifs is 1. The zero-order valence-corrected chi connectivity index (χ0v) is 15.8.